The average molecular weight is 250 g/mol. The molecule has 0 fully saturated rings. The van der Waals surface area contributed by atoms with Gasteiger partial charge in [-0.2, -0.15) is 0 Å². The Bertz CT molecular complexity index is 567. The third kappa shape index (κ3) is 3.85. The predicted molar refractivity (Wildman–Crippen MR) is 81.0 cm³/mol. The molecule has 96 valence electrons. The van der Waals surface area contributed by atoms with Crippen molar-refractivity contribution in [3.8, 4) is 5.75 Å². The number of hydrogen-bond acceptors (Lipinski definition) is 1. The predicted octanol–water partition coefficient (Wildman–Crippen LogP) is 4.99. The van der Waals surface area contributed by atoms with Crippen LogP contribution in [-0.4, -0.2) is 0 Å². The van der Waals surface area contributed by atoms with Crippen LogP contribution in [0.25, 0.3) is 5.76 Å². The Morgan fingerprint density at radius 2 is 1.89 bits per heavy atom. The van der Waals surface area contributed by atoms with E-state index in [1.807, 2.05) is 60.7 Å². The van der Waals surface area contributed by atoms with Gasteiger partial charge in [0.15, 0.2) is 0 Å². The maximum atomic E-state index is 6.00. The van der Waals surface area contributed by atoms with Gasteiger partial charge >= 0.3 is 0 Å². The fraction of sp³-hybridized carbons (Fsp3) is 0.111. The molecule has 0 unspecified atom stereocenters. The fourth-order valence-corrected chi connectivity index (χ4v) is 1.82. The molecule has 1 heteroatoms. The summed E-state index contributed by atoms with van der Waals surface area (Å²) >= 11 is 0. The van der Waals surface area contributed by atoms with Crippen molar-refractivity contribution in [3.05, 3.63) is 84.5 Å². The molecule has 2 aromatic rings. The van der Waals surface area contributed by atoms with Crippen molar-refractivity contribution < 1.29 is 4.74 Å². The molecule has 1 nitrogen and oxygen atoms in total. The minimum atomic E-state index is 0.788. The first-order chi connectivity index (χ1) is 9.29. The van der Waals surface area contributed by atoms with Crippen LogP contribution in [0.4, 0.5) is 0 Å². The van der Waals surface area contributed by atoms with Gasteiger partial charge in [-0.3, -0.25) is 0 Å². The van der Waals surface area contributed by atoms with Crippen LogP contribution in [-0.2, 0) is 0 Å². The molecule has 19 heavy (non-hydrogen) atoms. The van der Waals surface area contributed by atoms with Crippen molar-refractivity contribution in [1.82, 2.24) is 0 Å². The van der Waals surface area contributed by atoms with E-state index >= 15 is 0 Å². The van der Waals surface area contributed by atoms with Crippen LogP contribution < -0.4 is 4.74 Å². The van der Waals surface area contributed by atoms with E-state index in [4.69, 9.17) is 4.74 Å². The zero-order valence-corrected chi connectivity index (χ0v) is 11.2. The molecule has 0 spiro atoms. The summed E-state index contributed by atoms with van der Waals surface area (Å²) in [5.74, 6) is 1.73. The first-order valence-electron chi connectivity index (χ1n) is 6.40. The van der Waals surface area contributed by atoms with Crippen molar-refractivity contribution >= 4 is 5.76 Å². The zero-order valence-electron chi connectivity index (χ0n) is 11.2. The van der Waals surface area contributed by atoms with E-state index in [2.05, 4.69) is 19.6 Å². The summed E-state index contributed by atoms with van der Waals surface area (Å²) in [6.45, 7) is 5.81. The lowest BCUT2D eigenvalue weighted by Crippen LogP contribution is -1.95. The van der Waals surface area contributed by atoms with Crippen LogP contribution in [0.2, 0.25) is 0 Å². The SMILES string of the molecule is C=CC/C=C(/Oc1cccc(C)c1)c1ccccc1. The number of ether oxygens (including phenoxy) is 1. The number of benzene rings is 2. The highest BCUT2D eigenvalue weighted by Crippen LogP contribution is 2.22. The summed E-state index contributed by atoms with van der Waals surface area (Å²) in [5.41, 5.74) is 2.26. The summed E-state index contributed by atoms with van der Waals surface area (Å²) in [7, 11) is 0. The van der Waals surface area contributed by atoms with Crippen LogP contribution in [0.1, 0.15) is 17.5 Å². The minimum Gasteiger partial charge on any atom is -0.457 e. The topological polar surface area (TPSA) is 9.23 Å². The molecule has 0 heterocycles. The summed E-state index contributed by atoms with van der Waals surface area (Å²) in [5, 5.41) is 0. The van der Waals surface area contributed by atoms with Crippen molar-refractivity contribution in [2.24, 2.45) is 0 Å². The van der Waals surface area contributed by atoms with Crippen molar-refractivity contribution in [2.45, 2.75) is 13.3 Å². The lowest BCUT2D eigenvalue weighted by Gasteiger charge is -2.11. The highest BCUT2D eigenvalue weighted by Gasteiger charge is 2.03. The highest BCUT2D eigenvalue weighted by molar-refractivity contribution is 5.62. The lowest BCUT2D eigenvalue weighted by atomic mass is 10.1. The lowest BCUT2D eigenvalue weighted by molar-refractivity contribution is 0.513. The molecule has 0 saturated carbocycles. The molecule has 0 radical (unpaired) electrons. The standard InChI is InChI=1S/C18H18O/c1-3-4-13-18(16-10-6-5-7-11-16)19-17-12-8-9-15(2)14-17/h3,5-14H,1,4H2,2H3/b18-13+. The van der Waals surface area contributed by atoms with Crippen LogP contribution in [0.15, 0.2) is 73.3 Å². The summed E-state index contributed by atoms with van der Waals surface area (Å²) in [6, 6.07) is 18.2. The van der Waals surface area contributed by atoms with E-state index in [0.717, 1.165) is 23.5 Å². The molecule has 0 aliphatic heterocycles. The van der Waals surface area contributed by atoms with Crippen LogP contribution in [0.3, 0.4) is 0 Å². The van der Waals surface area contributed by atoms with Crippen molar-refractivity contribution in [3.63, 3.8) is 0 Å². The monoisotopic (exact) mass is 250 g/mol. The van der Waals surface area contributed by atoms with Gasteiger partial charge in [0.05, 0.1) is 0 Å². The normalized spacial score (nSPS) is 11.1. The van der Waals surface area contributed by atoms with E-state index in [9.17, 15) is 0 Å². The number of rotatable bonds is 5. The Morgan fingerprint density at radius 3 is 2.58 bits per heavy atom. The molecule has 0 saturated heterocycles. The van der Waals surface area contributed by atoms with E-state index in [-0.39, 0.29) is 0 Å². The zero-order chi connectivity index (χ0) is 13.5. The maximum Gasteiger partial charge on any atom is 0.130 e. The Balaban J connectivity index is 2.27. The Hall–Kier alpha value is -2.28. The van der Waals surface area contributed by atoms with Crippen LogP contribution >= 0.6 is 0 Å². The van der Waals surface area contributed by atoms with E-state index in [1.165, 1.54) is 5.56 Å². The smallest absolute Gasteiger partial charge is 0.130 e. The van der Waals surface area contributed by atoms with Crippen LogP contribution in [0, 0.1) is 6.92 Å². The quantitative estimate of drug-likeness (QED) is 0.536. The molecule has 2 aromatic carbocycles. The van der Waals surface area contributed by atoms with E-state index in [0.29, 0.717) is 0 Å². The summed E-state index contributed by atoms with van der Waals surface area (Å²) in [6.07, 6.45) is 4.70. The van der Waals surface area contributed by atoms with Gasteiger partial charge in [-0.25, -0.2) is 0 Å². The van der Waals surface area contributed by atoms with Gasteiger partial charge in [0.1, 0.15) is 11.5 Å². The van der Waals surface area contributed by atoms with Crippen molar-refractivity contribution in [2.75, 3.05) is 0 Å². The molecular formula is C18H18O. The number of hydrogen-bond donors (Lipinski definition) is 0. The summed E-state index contributed by atoms with van der Waals surface area (Å²) in [4.78, 5) is 0. The third-order valence-corrected chi connectivity index (χ3v) is 2.75. The molecule has 0 atom stereocenters. The second-order valence-electron chi connectivity index (χ2n) is 4.38. The molecule has 0 aromatic heterocycles. The fourth-order valence-electron chi connectivity index (χ4n) is 1.82. The maximum absolute atomic E-state index is 6.00. The van der Waals surface area contributed by atoms with Gasteiger partial charge in [0, 0.05) is 5.56 Å². The van der Waals surface area contributed by atoms with Crippen LogP contribution in [0.5, 0.6) is 5.75 Å². The highest BCUT2D eigenvalue weighted by atomic mass is 16.5. The molecule has 0 aliphatic rings. The second-order valence-corrected chi connectivity index (χ2v) is 4.38. The molecular weight excluding hydrogens is 232 g/mol. The largest absolute Gasteiger partial charge is 0.457 e. The second kappa shape index (κ2) is 6.60. The number of allylic oxidation sites excluding steroid dienone is 2. The van der Waals surface area contributed by atoms with Gasteiger partial charge in [-0.1, -0.05) is 48.5 Å². The first kappa shape index (κ1) is 13.2. The molecule has 0 amide bonds. The van der Waals surface area contributed by atoms with Gasteiger partial charge in [-0.05, 0) is 37.1 Å². The Labute approximate surface area is 114 Å². The van der Waals surface area contributed by atoms with Gasteiger partial charge in [-0.15, -0.1) is 6.58 Å². The number of aryl methyl sites for hydroxylation is 1. The molecule has 0 aliphatic carbocycles. The van der Waals surface area contributed by atoms with E-state index in [1.54, 1.807) is 0 Å². The first-order valence-corrected chi connectivity index (χ1v) is 6.40. The van der Waals surface area contributed by atoms with Gasteiger partial charge in [0.2, 0.25) is 0 Å². The minimum absolute atomic E-state index is 0.788. The molecule has 0 bridgehead atoms. The van der Waals surface area contributed by atoms with E-state index < -0.39 is 0 Å². The third-order valence-electron chi connectivity index (χ3n) is 2.75. The molecule has 0 N–H and O–H groups in total. The Morgan fingerprint density at radius 1 is 1.11 bits per heavy atom. The Kier molecular flexibility index (Phi) is 4.57. The van der Waals surface area contributed by atoms with Crippen molar-refractivity contribution in [1.29, 1.82) is 0 Å². The molecule has 2 rings (SSSR count). The average Bonchev–Trinajstić information content (AvgIpc) is 2.44. The summed E-state index contributed by atoms with van der Waals surface area (Å²) < 4.78 is 6.00. The van der Waals surface area contributed by atoms with Gasteiger partial charge < -0.3 is 4.74 Å². The van der Waals surface area contributed by atoms with Gasteiger partial charge in [0.25, 0.3) is 0 Å².